The molecule has 2 aromatic carbocycles. The number of furan rings is 1. The second-order valence-corrected chi connectivity index (χ2v) is 7.21. The Hall–Kier alpha value is -3.27. The summed E-state index contributed by atoms with van der Waals surface area (Å²) in [5.41, 5.74) is 6.41. The van der Waals surface area contributed by atoms with Crippen molar-refractivity contribution in [3.05, 3.63) is 71.3 Å². The Morgan fingerprint density at radius 1 is 1.00 bits per heavy atom. The Labute approximate surface area is 157 Å². The zero-order valence-electron chi connectivity index (χ0n) is 15.5. The second kappa shape index (κ2) is 6.47. The Bertz CT molecular complexity index is 1130. The van der Waals surface area contributed by atoms with Crippen LogP contribution in [0.15, 0.2) is 59.0 Å². The van der Waals surface area contributed by atoms with Gasteiger partial charge in [-0.15, -0.1) is 0 Å². The standard InChI is InChI=1S/C23H21NO3/c1-13(2)18-11-14(3)10-17-12-21(27-22(17)18)20-9-8-19(24-20)15-4-6-16(7-5-15)23(25)26/h4-13,24H,1-3H3,(H,25,26). The van der Waals surface area contributed by atoms with Crippen molar-refractivity contribution in [1.29, 1.82) is 0 Å². The van der Waals surface area contributed by atoms with E-state index in [1.807, 2.05) is 12.1 Å². The van der Waals surface area contributed by atoms with Gasteiger partial charge in [-0.3, -0.25) is 0 Å². The molecule has 4 nitrogen and oxygen atoms in total. The molecular weight excluding hydrogens is 338 g/mol. The van der Waals surface area contributed by atoms with E-state index in [9.17, 15) is 4.79 Å². The largest absolute Gasteiger partial charge is 0.478 e. The van der Waals surface area contributed by atoms with Gasteiger partial charge < -0.3 is 14.5 Å². The number of nitrogens with one attached hydrogen (secondary N) is 1. The minimum Gasteiger partial charge on any atom is -0.478 e. The Morgan fingerprint density at radius 3 is 2.37 bits per heavy atom. The van der Waals surface area contributed by atoms with Crippen molar-refractivity contribution in [2.24, 2.45) is 0 Å². The lowest BCUT2D eigenvalue weighted by Gasteiger charge is -2.07. The average molecular weight is 359 g/mol. The predicted octanol–water partition coefficient (Wildman–Crippen LogP) is 6.22. The summed E-state index contributed by atoms with van der Waals surface area (Å²) in [6.07, 6.45) is 0. The van der Waals surface area contributed by atoms with E-state index >= 15 is 0 Å². The number of fused-ring (bicyclic) bond motifs is 1. The van der Waals surface area contributed by atoms with Gasteiger partial charge >= 0.3 is 5.97 Å². The van der Waals surface area contributed by atoms with Gasteiger partial charge in [-0.05, 0) is 65.9 Å². The molecule has 4 aromatic rings. The number of benzene rings is 2. The lowest BCUT2D eigenvalue weighted by Crippen LogP contribution is -1.94. The Morgan fingerprint density at radius 2 is 1.70 bits per heavy atom. The molecule has 0 amide bonds. The number of hydrogen-bond acceptors (Lipinski definition) is 2. The van der Waals surface area contributed by atoms with Crippen LogP contribution in [0, 0.1) is 6.92 Å². The van der Waals surface area contributed by atoms with E-state index in [-0.39, 0.29) is 5.56 Å². The van der Waals surface area contributed by atoms with Crippen molar-refractivity contribution >= 4 is 16.9 Å². The molecule has 2 N–H and O–H groups in total. The van der Waals surface area contributed by atoms with E-state index in [0.29, 0.717) is 5.92 Å². The zero-order valence-corrected chi connectivity index (χ0v) is 15.5. The molecule has 0 aliphatic heterocycles. The number of carboxylic acid groups (broad SMARTS) is 1. The average Bonchev–Trinajstić information content (AvgIpc) is 3.27. The number of aromatic amines is 1. The molecule has 0 atom stereocenters. The van der Waals surface area contributed by atoms with Crippen LogP contribution in [0.25, 0.3) is 33.7 Å². The van der Waals surface area contributed by atoms with Gasteiger partial charge in [0.1, 0.15) is 5.58 Å². The fourth-order valence-corrected chi connectivity index (χ4v) is 3.40. The van der Waals surface area contributed by atoms with Crippen LogP contribution in [0.2, 0.25) is 0 Å². The summed E-state index contributed by atoms with van der Waals surface area (Å²) < 4.78 is 6.19. The Balaban J connectivity index is 1.73. The third-order valence-electron chi connectivity index (χ3n) is 4.81. The molecule has 136 valence electrons. The van der Waals surface area contributed by atoms with Crippen LogP contribution in [0.4, 0.5) is 0 Å². The van der Waals surface area contributed by atoms with Crippen LogP contribution < -0.4 is 0 Å². The smallest absolute Gasteiger partial charge is 0.335 e. The van der Waals surface area contributed by atoms with Crippen LogP contribution in [0.3, 0.4) is 0 Å². The third kappa shape index (κ3) is 3.14. The van der Waals surface area contributed by atoms with Gasteiger partial charge in [0.2, 0.25) is 0 Å². The molecule has 0 fully saturated rings. The first kappa shape index (κ1) is 17.2. The molecule has 0 bridgehead atoms. The minimum atomic E-state index is -0.924. The molecule has 4 rings (SSSR count). The first-order valence-corrected chi connectivity index (χ1v) is 8.99. The van der Waals surface area contributed by atoms with Crippen molar-refractivity contribution in [2.45, 2.75) is 26.7 Å². The van der Waals surface area contributed by atoms with Gasteiger partial charge in [-0.1, -0.05) is 32.0 Å². The Kier molecular flexibility index (Phi) is 4.11. The summed E-state index contributed by atoms with van der Waals surface area (Å²) >= 11 is 0. The van der Waals surface area contributed by atoms with E-state index in [4.69, 9.17) is 9.52 Å². The highest BCUT2D eigenvalue weighted by atomic mass is 16.4. The summed E-state index contributed by atoms with van der Waals surface area (Å²) in [7, 11) is 0. The van der Waals surface area contributed by atoms with Crippen molar-refractivity contribution in [1.82, 2.24) is 4.98 Å². The van der Waals surface area contributed by atoms with E-state index in [1.54, 1.807) is 24.3 Å². The molecule has 27 heavy (non-hydrogen) atoms. The molecule has 2 aromatic heterocycles. The fraction of sp³-hybridized carbons (Fsp3) is 0.174. The number of rotatable bonds is 4. The van der Waals surface area contributed by atoms with Gasteiger partial charge in [0.05, 0.1) is 11.3 Å². The monoisotopic (exact) mass is 359 g/mol. The lowest BCUT2D eigenvalue weighted by atomic mass is 9.99. The molecule has 0 aliphatic rings. The van der Waals surface area contributed by atoms with Crippen LogP contribution in [0.1, 0.15) is 41.3 Å². The summed E-state index contributed by atoms with van der Waals surface area (Å²) in [6.45, 7) is 6.44. The number of hydrogen-bond donors (Lipinski definition) is 2. The number of carbonyl (C=O) groups is 1. The molecule has 0 aliphatic carbocycles. The molecular formula is C23H21NO3. The van der Waals surface area contributed by atoms with Gasteiger partial charge in [-0.2, -0.15) is 0 Å². The number of H-pyrrole nitrogens is 1. The van der Waals surface area contributed by atoms with Gasteiger partial charge in [0.25, 0.3) is 0 Å². The van der Waals surface area contributed by atoms with Gasteiger partial charge in [0, 0.05) is 11.1 Å². The molecule has 0 unspecified atom stereocenters. The highest BCUT2D eigenvalue weighted by molar-refractivity contribution is 5.88. The van der Waals surface area contributed by atoms with E-state index in [0.717, 1.165) is 33.7 Å². The highest BCUT2D eigenvalue weighted by Gasteiger charge is 2.14. The molecule has 4 heteroatoms. The third-order valence-corrected chi connectivity index (χ3v) is 4.81. The predicted molar refractivity (Wildman–Crippen MR) is 107 cm³/mol. The van der Waals surface area contributed by atoms with E-state index < -0.39 is 5.97 Å². The topological polar surface area (TPSA) is 66.2 Å². The number of aromatic carboxylic acids is 1. The van der Waals surface area contributed by atoms with Crippen molar-refractivity contribution < 1.29 is 14.3 Å². The molecule has 0 radical (unpaired) electrons. The number of aryl methyl sites for hydroxylation is 1. The van der Waals surface area contributed by atoms with Crippen molar-refractivity contribution in [2.75, 3.05) is 0 Å². The van der Waals surface area contributed by atoms with Crippen molar-refractivity contribution in [3.63, 3.8) is 0 Å². The molecule has 2 heterocycles. The summed E-state index contributed by atoms with van der Waals surface area (Å²) in [6, 6.07) is 17.2. The first-order valence-electron chi connectivity index (χ1n) is 8.99. The van der Waals surface area contributed by atoms with Gasteiger partial charge in [-0.25, -0.2) is 4.79 Å². The van der Waals surface area contributed by atoms with Crippen LogP contribution in [-0.2, 0) is 0 Å². The normalized spacial score (nSPS) is 11.4. The quantitative estimate of drug-likeness (QED) is 0.454. The fourth-order valence-electron chi connectivity index (χ4n) is 3.40. The van der Waals surface area contributed by atoms with E-state index in [1.165, 1.54) is 11.1 Å². The van der Waals surface area contributed by atoms with Crippen LogP contribution in [-0.4, -0.2) is 16.1 Å². The maximum absolute atomic E-state index is 11.0. The molecule has 0 saturated carbocycles. The van der Waals surface area contributed by atoms with E-state index in [2.05, 4.69) is 44.0 Å². The summed E-state index contributed by atoms with van der Waals surface area (Å²) in [5.74, 6) is 0.261. The van der Waals surface area contributed by atoms with Crippen LogP contribution >= 0.6 is 0 Å². The second-order valence-electron chi connectivity index (χ2n) is 7.21. The summed E-state index contributed by atoms with van der Waals surface area (Å²) in [4.78, 5) is 14.4. The highest BCUT2D eigenvalue weighted by Crippen LogP contribution is 2.34. The molecule has 0 saturated heterocycles. The number of aromatic nitrogens is 1. The first-order chi connectivity index (χ1) is 12.9. The number of carboxylic acids is 1. The van der Waals surface area contributed by atoms with Gasteiger partial charge in [0.15, 0.2) is 5.76 Å². The molecule has 0 spiro atoms. The SMILES string of the molecule is Cc1cc(C(C)C)c2oc(-c3ccc(-c4ccc(C(=O)O)cc4)[nH]3)cc2c1. The van der Waals surface area contributed by atoms with Crippen molar-refractivity contribution in [3.8, 4) is 22.7 Å². The maximum atomic E-state index is 11.0. The minimum absolute atomic E-state index is 0.277. The zero-order chi connectivity index (χ0) is 19.1. The van der Waals surface area contributed by atoms with Crippen LogP contribution in [0.5, 0.6) is 0 Å². The lowest BCUT2D eigenvalue weighted by molar-refractivity contribution is 0.0697. The summed E-state index contributed by atoms with van der Waals surface area (Å²) in [5, 5.41) is 10.1. The maximum Gasteiger partial charge on any atom is 0.335 e.